The summed E-state index contributed by atoms with van der Waals surface area (Å²) in [6.45, 7) is 8.32. The van der Waals surface area contributed by atoms with Crippen molar-refractivity contribution in [1.82, 2.24) is 10.2 Å². The molecule has 0 spiro atoms. The van der Waals surface area contributed by atoms with Gasteiger partial charge in [0.2, 0.25) is 0 Å². The van der Waals surface area contributed by atoms with Gasteiger partial charge in [0.15, 0.2) is 0 Å². The molecule has 0 aromatic carbocycles. The van der Waals surface area contributed by atoms with Crippen molar-refractivity contribution < 1.29 is 9.84 Å². The van der Waals surface area contributed by atoms with E-state index in [1.807, 2.05) is 0 Å². The molecule has 2 fully saturated rings. The maximum Gasteiger partial charge on any atom is 0.0558 e. The van der Waals surface area contributed by atoms with E-state index in [9.17, 15) is 5.11 Å². The first-order valence-electron chi connectivity index (χ1n) is 8.93. The topological polar surface area (TPSA) is 44.7 Å². The summed E-state index contributed by atoms with van der Waals surface area (Å²) in [4.78, 5) is 2.55. The van der Waals surface area contributed by atoms with Crippen LogP contribution in [0.3, 0.4) is 0 Å². The van der Waals surface area contributed by atoms with E-state index in [0.717, 1.165) is 39.4 Å². The molecule has 0 radical (unpaired) electrons. The van der Waals surface area contributed by atoms with Gasteiger partial charge in [-0.25, -0.2) is 0 Å². The molecule has 2 aliphatic rings. The molecule has 4 heteroatoms. The van der Waals surface area contributed by atoms with Gasteiger partial charge < -0.3 is 15.2 Å². The SMILES string of the molecule is CCCNCC1(CN(CCO)C2CCCC2)CCCOC1. The summed E-state index contributed by atoms with van der Waals surface area (Å²) < 4.78 is 5.83. The molecule has 0 aromatic heterocycles. The first kappa shape index (κ1) is 17.2. The summed E-state index contributed by atoms with van der Waals surface area (Å²) in [6.07, 6.45) is 8.91. The number of hydrogen-bond donors (Lipinski definition) is 2. The van der Waals surface area contributed by atoms with E-state index in [4.69, 9.17) is 4.74 Å². The normalized spacial score (nSPS) is 27.6. The fourth-order valence-electron chi connectivity index (χ4n) is 3.98. The van der Waals surface area contributed by atoms with E-state index in [-0.39, 0.29) is 12.0 Å². The van der Waals surface area contributed by atoms with Crippen LogP contribution in [0.2, 0.25) is 0 Å². The molecular weight excluding hydrogens is 264 g/mol. The van der Waals surface area contributed by atoms with Crippen molar-refractivity contribution in [3.63, 3.8) is 0 Å². The summed E-state index contributed by atoms with van der Waals surface area (Å²) in [5.74, 6) is 0. The minimum Gasteiger partial charge on any atom is -0.395 e. The number of ether oxygens (including phenoxy) is 1. The van der Waals surface area contributed by atoms with Gasteiger partial charge in [0.1, 0.15) is 0 Å². The van der Waals surface area contributed by atoms with Crippen LogP contribution in [0.5, 0.6) is 0 Å². The van der Waals surface area contributed by atoms with Crippen LogP contribution in [-0.4, -0.2) is 62.0 Å². The van der Waals surface area contributed by atoms with Crippen molar-refractivity contribution in [2.45, 2.75) is 57.9 Å². The minimum absolute atomic E-state index is 0.241. The highest BCUT2D eigenvalue weighted by Gasteiger charge is 2.36. The zero-order valence-electron chi connectivity index (χ0n) is 13.8. The molecule has 1 saturated carbocycles. The van der Waals surface area contributed by atoms with Crippen molar-refractivity contribution in [3.8, 4) is 0 Å². The second-order valence-electron chi connectivity index (χ2n) is 6.97. The predicted molar refractivity (Wildman–Crippen MR) is 86.6 cm³/mol. The van der Waals surface area contributed by atoms with Crippen LogP contribution in [0, 0.1) is 5.41 Å². The third kappa shape index (κ3) is 5.20. The number of nitrogens with one attached hydrogen (secondary N) is 1. The molecule has 0 aromatic rings. The van der Waals surface area contributed by atoms with Gasteiger partial charge in [-0.3, -0.25) is 4.90 Å². The third-order valence-electron chi connectivity index (χ3n) is 5.10. The van der Waals surface area contributed by atoms with Crippen molar-refractivity contribution in [2.75, 3.05) is 46.0 Å². The van der Waals surface area contributed by atoms with Gasteiger partial charge in [-0.05, 0) is 38.6 Å². The molecule has 0 bridgehead atoms. The quantitative estimate of drug-likeness (QED) is 0.639. The Labute approximate surface area is 130 Å². The molecule has 1 atom stereocenters. The minimum atomic E-state index is 0.241. The van der Waals surface area contributed by atoms with Crippen molar-refractivity contribution in [2.24, 2.45) is 5.41 Å². The molecule has 1 aliphatic heterocycles. The van der Waals surface area contributed by atoms with Gasteiger partial charge in [0, 0.05) is 37.7 Å². The van der Waals surface area contributed by atoms with Crippen LogP contribution in [0.1, 0.15) is 51.9 Å². The lowest BCUT2D eigenvalue weighted by Gasteiger charge is -2.43. The maximum absolute atomic E-state index is 9.44. The molecule has 4 nitrogen and oxygen atoms in total. The van der Waals surface area contributed by atoms with Gasteiger partial charge in [0.05, 0.1) is 13.2 Å². The highest BCUT2D eigenvalue weighted by Crippen LogP contribution is 2.32. The summed E-state index contributed by atoms with van der Waals surface area (Å²) >= 11 is 0. The third-order valence-corrected chi connectivity index (χ3v) is 5.10. The Morgan fingerprint density at radius 2 is 2.10 bits per heavy atom. The van der Waals surface area contributed by atoms with Crippen LogP contribution in [-0.2, 0) is 4.74 Å². The second kappa shape index (κ2) is 9.09. The smallest absolute Gasteiger partial charge is 0.0558 e. The maximum atomic E-state index is 9.44. The first-order chi connectivity index (χ1) is 10.3. The molecule has 1 unspecified atom stereocenters. The summed E-state index contributed by atoms with van der Waals surface area (Å²) in [5, 5.41) is 13.1. The van der Waals surface area contributed by atoms with Gasteiger partial charge in [-0.2, -0.15) is 0 Å². The molecule has 124 valence electrons. The Hall–Kier alpha value is -0.160. The molecule has 2 rings (SSSR count). The molecule has 0 amide bonds. The Morgan fingerprint density at radius 1 is 1.29 bits per heavy atom. The van der Waals surface area contributed by atoms with E-state index in [1.165, 1.54) is 44.9 Å². The fourth-order valence-corrected chi connectivity index (χ4v) is 3.98. The Bertz CT molecular complexity index is 274. The van der Waals surface area contributed by atoms with E-state index >= 15 is 0 Å². The van der Waals surface area contributed by atoms with Crippen molar-refractivity contribution >= 4 is 0 Å². The lowest BCUT2D eigenvalue weighted by molar-refractivity contribution is -0.0348. The van der Waals surface area contributed by atoms with Gasteiger partial charge in [-0.15, -0.1) is 0 Å². The van der Waals surface area contributed by atoms with Crippen LogP contribution in [0.25, 0.3) is 0 Å². The zero-order valence-corrected chi connectivity index (χ0v) is 13.8. The van der Waals surface area contributed by atoms with Crippen LogP contribution < -0.4 is 5.32 Å². The summed E-state index contributed by atoms with van der Waals surface area (Å²) in [7, 11) is 0. The predicted octanol–water partition coefficient (Wildman–Crippen LogP) is 2.02. The Kier molecular flexibility index (Phi) is 7.44. The molecule has 1 saturated heterocycles. The van der Waals surface area contributed by atoms with Crippen molar-refractivity contribution in [3.05, 3.63) is 0 Å². The van der Waals surface area contributed by atoms with E-state index < -0.39 is 0 Å². The number of hydrogen-bond acceptors (Lipinski definition) is 4. The molecular formula is C17H34N2O2. The highest BCUT2D eigenvalue weighted by molar-refractivity contribution is 4.90. The van der Waals surface area contributed by atoms with Gasteiger partial charge in [0.25, 0.3) is 0 Å². The van der Waals surface area contributed by atoms with Crippen LogP contribution in [0.4, 0.5) is 0 Å². The molecule has 2 N–H and O–H groups in total. The average Bonchev–Trinajstić information content (AvgIpc) is 3.02. The average molecular weight is 298 g/mol. The fraction of sp³-hybridized carbons (Fsp3) is 1.00. The highest BCUT2D eigenvalue weighted by atomic mass is 16.5. The van der Waals surface area contributed by atoms with Crippen LogP contribution in [0.15, 0.2) is 0 Å². The van der Waals surface area contributed by atoms with E-state index in [0.29, 0.717) is 6.04 Å². The number of aliphatic hydroxyl groups excluding tert-OH is 1. The van der Waals surface area contributed by atoms with Crippen LogP contribution >= 0.6 is 0 Å². The first-order valence-corrected chi connectivity index (χ1v) is 8.93. The summed E-state index contributed by atoms with van der Waals surface area (Å²) in [6, 6.07) is 0.683. The number of rotatable bonds is 9. The Morgan fingerprint density at radius 3 is 2.71 bits per heavy atom. The standard InChI is InChI=1S/C17H34N2O2/c1-2-9-18-13-17(8-5-12-21-15-17)14-19(10-11-20)16-6-3-4-7-16/h16,18,20H,2-15H2,1H3. The van der Waals surface area contributed by atoms with E-state index in [2.05, 4.69) is 17.1 Å². The number of aliphatic hydroxyl groups is 1. The zero-order chi connectivity index (χ0) is 15.0. The largest absolute Gasteiger partial charge is 0.395 e. The second-order valence-corrected chi connectivity index (χ2v) is 6.97. The summed E-state index contributed by atoms with van der Waals surface area (Å²) in [5.41, 5.74) is 0.241. The molecule has 21 heavy (non-hydrogen) atoms. The number of nitrogens with zero attached hydrogens (tertiary/aromatic N) is 1. The molecule has 1 heterocycles. The van der Waals surface area contributed by atoms with E-state index in [1.54, 1.807) is 0 Å². The van der Waals surface area contributed by atoms with Crippen molar-refractivity contribution in [1.29, 1.82) is 0 Å². The molecule has 1 aliphatic carbocycles. The monoisotopic (exact) mass is 298 g/mol. The van der Waals surface area contributed by atoms with Gasteiger partial charge in [-0.1, -0.05) is 19.8 Å². The van der Waals surface area contributed by atoms with Gasteiger partial charge >= 0.3 is 0 Å². The lowest BCUT2D eigenvalue weighted by atomic mass is 9.81. The lowest BCUT2D eigenvalue weighted by Crippen LogP contribution is -2.51. The Balaban J connectivity index is 1.96.